The molecule has 0 fully saturated rings. The molecule has 1 heterocycles. The summed E-state index contributed by atoms with van der Waals surface area (Å²) in [5.41, 5.74) is 0. The lowest BCUT2D eigenvalue weighted by Gasteiger charge is -2.03. The molecule has 12 heavy (non-hydrogen) atoms. The summed E-state index contributed by atoms with van der Waals surface area (Å²) < 4.78 is 8.35. The molecule has 66 valence electrons. The third kappa shape index (κ3) is 2.04. The van der Waals surface area contributed by atoms with Gasteiger partial charge < -0.3 is 19.7 Å². The van der Waals surface area contributed by atoms with E-state index in [1.807, 2.05) is 0 Å². The van der Waals surface area contributed by atoms with Crippen LogP contribution in [-0.2, 0) is 19.1 Å². The molecule has 0 spiro atoms. The van der Waals surface area contributed by atoms with Crippen LogP contribution in [0.4, 0.5) is 0 Å². The normalized spacial score (nSPS) is 15.7. The summed E-state index contributed by atoms with van der Waals surface area (Å²) in [7, 11) is 0. The highest BCUT2D eigenvalue weighted by atomic mass is 16.6. The molecule has 1 aliphatic rings. The van der Waals surface area contributed by atoms with Crippen LogP contribution in [0.2, 0.25) is 0 Å². The van der Waals surface area contributed by atoms with Crippen molar-refractivity contribution in [2.24, 2.45) is 0 Å². The molecule has 0 aromatic carbocycles. The van der Waals surface area contributed by atoms with Crippen molar-refractivity contribution < 1.29 is 29.3 Å². The molecule has 6 heteroatoms. The number of esters is 2. The number of hydrogen-bond acceptors (Lipinski definition) is 6. The largest absolute Gasteiger partial charge is 0.450 e. The maximum absolute atomic E-state index is 10.6. The molecule has 0 aromatic heterocycles. The lowest BCUT2D eigenvalue weighted by Crippen LogP contribution is -2.28. The first-order valence-electron chi connectivity index (χ1n) is 3.07. The Morgan fingerprint density at radius 3 is 2.67 bits per heavy atom. The summed E-state index contributed by atoms with van der Waals surface area (Å²) in [6, 6.07) is 0. The Labute approximate surface area is 67.0 Å². The van der Waals surface area contributed by atoms with Gasteiger partial charge in [0.05, 0.1) is 6.61 Å². The van der Waals surface area contributed by atoms with Crippen LogP contribution in [0.3, 0.4) is 0 Å². The van der Waals surface area contributed by atoms with Gasteiger partial charge >= 0.3 is 11.9 Å². The Morgan fingerprint density at radius 1 is 1.67 bits per heavy atom. The molecule has 0 aromatic rings. The zero-order chi connectivity index (χ0) is 9.14. The van der Waals surface area contributed by atoms with E-state index in [1.54, 1.807) is 0 Å². The van der Waals surface area contributed by atoms with Gasteiger partial charge in [0.25, 0.3) is 0 Å². The monoisotopic (exact) mass is 174 g/mol. The highest BCUT2D eigenvalue weighted by Gasteiger charge is 2.27. The zero-order valence-electron chi connectivity index (χ0n) is 5.89. The van der Waals surface area contributed by atoms with Crippen molar-refractivity contribution in [2.45, 2.75) is 6.10 Å². The van der Waals surface area contributed by atoms with Gasteiger partial charge in [0.15, 0.2) is 6.10 Å². The highest BCUT2D eigenvalue weighted by molar-refractivity contribution is 5.97. The summed E-state index contributed by atoms with van der Waals surface area (Å²) in [6.45, 7) is -0.786. The topological polar surface area (TPSA) is 96.4 Å². The van der Waals surface area contributed by atoms with E-state index in [2.05, 4.69) is 9.47 Å². The second kappa shape index (κ2) is 3.33. The van der Waals surface area contributed by atoms with Crippen LogP contribution in [0.5, 0.6) is 0 Å². The van der Waals surface area contributed by atoms with E-state index in [4.69, 9.17) is 10.2 Å². The zero-order valence-corrected chi connectivity index (χ0v) is 5.89. The van der Waals surface area contributed by atoms with Gasteiger partial charge in [0.1, 0.15) is 6.26 Å². The van der Waals surface area contributed by atoms with Crippen molar-refractivity contribution in [3.8, 4) is 0 Å². The van der Waals surface area contributed by atoms with Crippen molar-refractivity contribution in [3.63, 3.8) is 0 Å². The second-order valence-corrected chi connectivity index (χ2v) is 2.01. The Morgan fingerprint density at radius 2 is 2.25 bits per heavy atom. The fraction of sp³-hybridized carbons (Fsp3) is 0.333. The first kappa shape index (κ1) is 8.69. The summed E-state index contributed by atoms with van der Waals surface area (Å²) in [4.78, 5) is 21.2. The molecule has 0 aliphatic carbocycles. The van der Waals surface area contributed by atoms with Gasteiger partial charge in [-0.05, 0) is 0 Å². The van der Waals surface area contributed by atoms with Gasteiger partial charge in [-0.3, -0.25) is 0 Å². The smallest absolute Gasteiger partial charge is 0.385 e. The molecule has 1 unspecified atom stereocenters. The number of carbonyl (C=O) groups is 2. The van der Waals surface area contributed by atoms with Crippen LogP contribution >= 0.6 is 0 Å². The SMILES string of the molecule is O=C(OC(=O)C(O)CO)C1=CO1. The molecule has 0 saturated carbocycles. The summed E-state index contributed by atoms with van der Waals surface area (Å²) >= 11 is 0. The van der Waals surface area contributed by atoms with Gasteiger partial charge in [-0.25, -0.2) is 9.59 Å². The predicted octanol–water partition coefficient (Wildman–Crippen LogP) is -1.72. The van der Waals surface area contributed by atoms with E-state index in [-0.39, 0.29) is 5.76 Å². The third-order valence-electron chi connectivity index (χ3n) is 1.08. The van der Waals surface area contributed by atoms with Gasteiger partial charge in [-0.15, -0.1) is 0 Å². The minimum absolute atomic E-state index is 0.0755. The molecule has 0 bridgehead atoms. The van der Waals surface area contributed by atoms with Crippen LogP contribution < -0.4 is 0 Å². The number of rotatable bonds is 3. The van der Waals surface area contributed by atoms with Crippen molar-refractivity contribution >= 4 is 11.9 Å². The Balaban J connectivity index is 2.34. The molecule has 1 aliphatic heterocycles. The van der Waals surface area contributed by atoms with Crippen molar-refractivity contribution in [3.05, 3.63) is 12.0 Å². The minimum Gasteiger partial charge on any atom is -0.450 e. The fourth-order valence-electron chi connectivity index (χ4n) is 0.410. The van der Waals surface area contributed by atoms with E-state index < -0.39 is 24.6 Å². The lowest BCUT2D eigenvalue weighted by atomic mass is 10.4. The van der Waals surface area contributed by atoms with E-state index in [1.165, 1.54) is 0 Å². The summed E-state index contributed by atoms with van der Waals surface area (Å²) in [5, 5.41) is 16.9. The fourth-order valence-corrected chi connectivity index (χ4v) is 0.410. The standard InChI is InChI=1S/C6H6O6/c7-1-3(8)5(9)12-6(10)4-2-11-4/h2-3,7-8H,1H2. The lowest BCUT2D eigenvalue weighted by molar-refractivity contribution is -0.165. The Kier molecular flexibility index (Phi) is 2.41. The van der Waals surface area contributed by atoms with E-state index in [0.717, 1.165) is 6.26 Å². The van der Waals surface area contributed by atoms with Crippen LogP contribution in [0, 0.1) is 0 Å². The predicted molar refractivity (Wildman–Crippen MR) is 33.4 cm³/mol. The van der Waals surface area contributed by atoms with Crippen LogP contribution in [0.25, 0.3) is 0 Å². The van der Waals surface area contributed by atoms with Crippen molar-refractivity contribution in [2.75, 3.05) is 6.61 Å². The quantitative estimate of drug-likeness (QED) is 0.390. The van der Waals surface area contributed by atoms with Crippen LogP contribution in [-0.4, -0.2) is 34.9 Å². The third-order valence-corrected chi connectivity index (χ3v) is 1.08. The molecule has 6 nitrogen and oxygen atoms in total. The first-order valence-corrected chi connectivity index (χ1v) is 3.07. The molecule has 2 N–H and O–H groups in total. The van der Waals surface area contributed by atoms with Gasteiger partial charge in [0, 0.05) is 0 Å². The molecule has 0 radical (unpaired) electrons. The molecule has 1 rings (SSSR count). The Bertz CT molecular complexity index is 242. The molecular formula is C6H6O6. The highest BCUT2D eigenvalue weighted by Crippen LogP contribution is 2.14. The number of aliphatic hydroxyl groups is 2. The van der Waals surface area contributed by atoms with Crippen molar-refractivity contribution in [1.29, 1.82) is 0 Å². The molecule has 0 saturated heterocycles. The van der Waals surface area contributed by atoms with Gasteiger partial charge in [-0.2, -0.15) is 0 Å². The summed E-state index contributed by atoms with van der Waals surface area (Å²) in [6.07, 6.45) is -0.589. The number of carbonyl (C=O) groups excluding carboxylic acids is 2. The number of aliphatic hydroxyl groups excluding tert-OH is 2. The summed E-state index contributed by atoms with van der Waals surface area (Å²) in [5.74, 6) is -2.24. The molecular weight excluding hydrogens is 168 g/mol. The number of hydrogen-bond donors (Lipinski definition) is 2. The maximum atomic E-state index is 10.6. The van der Waals surface area contributed by atoms with Crippen molar-refractivity contribution in [1.82, 2.24) is 0 Å². The average Bonchev–Trinajstić information content (AvgIpc) is 2.84. The molecule has 0 amide bonds. The minimum atomic E-state index is -1.69. The van der Waals surface area contributed by atoms with Gasteiger partial charge in [-0.1, -0.05) is 0 Å². The first-order chi connectivity index (χ1) is 5.65. The van der Waals surface area contributed by atoms with Gasteiger partial charge in [0.2, 0.25) is 5.76 Å². The van der Waals surface area contributed by atoms with Crippen LogP contribution in [0.15, 0.2) is 12.0 Å². The maximum Gasteiger partial charge on any atom is 0.385 e. The van der Waals surface area contributed by atoms with E-state index in [9.17, 15) is 9.59 Å². The molecule has 1 atom stereocenters. The Hall–Kier alpha value is -1.40. The van der Waals surface area contributed by atoms with E-state index in [0.29, 0.717) is 0 Å². The van der Waals surface area contributed by atoms with E-state index >= 15 is 0 Å². The van der Waals surface area contributed by atoms with Crippen LogP contribution in [0.1, 0.15) is 0 Å². The average molecular weight is 174 g/mol. The second-order valence-electron chi connectivity index (χ2n) is 2.01. The number of ether oxygens (including phenoxy) is 2.